The van der Waals surface area contributed by atoms with Crippen molar-refractivity contribution in [1.82, 2.24) is 0 Å². The van der Waals surface area contributed by atoms with Crippen LogP contribution in [0.15, 0.2) is 0 Å². The summed E-state index contributed by atoms with van der Waals surface area (Å²) in [5.74, 6) is 1.40. The summed E-state index contributed by atoms with van der Waals surface area (Å²) < 4.78 is 0. The van der Waals surface area contributed by atoms with E-state index < -0.39 is 5.60 Å². The SMILES string of the molecule is CCCC(C)CC1(O)C2(C)CCC(C2)C1(C)C. The molecule has 2 rings (SSSR count). The predicted octanol–water partition coefficient (Wildman–Crippen LogP) is 4.39. The lowest BCUT2D eigenvalue weighted by Crippen LogP contribution is -2.54. The Balaban J connectivity index is 2.22. The second-order valence-corrected chi connectivity index (χ2v) is 7.68. The molecule has 0 aromatic heterocycles. The molecule has 0 spiro atoms. The molecule has 2 bridgehead atoms. The second-order valence-electron chi connectivity index (χ2n) is 7.68. The molecule has 4 atom stereocenters. The third-order valence-electron chi connectivity index (χ3n) is 6.25. The molecule has 0 heterocycles. The van der Waals surface area contributed by atoms with Gasteiger partial charge in [0, 0.05) is 0 Å². The minimum atomic E-state index is -0.433. The summed E-state index contributed by atoms with van der Waals surface area (Å²) in [6, 6.07) is 0. The first-order chi connectivity index (χ1) is 7.77. The van der Waals surface area contributed by atoms with Crippen LogP contribution in [0.1, 0.15) is 73.1 Å². The van der Waals surface area contributed by atoms with Crippen molar-refractivity contribution in [3.63, 3.8) is 0 Å². The van der Waals surface area contributed by atoms with Crippen molar-refractivity contribution in [3.05, 3.63) is 0 Å². The predicted molar refractivity (Wildman–Crippen MR) is 72.9 cm³/mol. The van der Waals surface area contributed by atoms with E-state index in [1.807, 2.05) is 0 Å². The number of hydrogen-bond donors (Lipinski definition) is 1. The maximum absolute atomic E-state index is 11.4. The van der Waals surface area contributed by atoms with Gasteiger partial charge < -0.3 is 5.11 Å². The molecular weight excluding hydrogens is 208 g/mol. The highest BCUT2D eigenvalue weighted by Crippen LogP contribution is 2.69. The van der Waals surface area contributed by atoms with Crippen LogP contribution in [0.5, 0.6) is 0 Å². The maximum Gasteiger partial charge on any atom is 0.0756 e. The van der Waals surface area contributed by atoms with Gasteiger partial charge in [-0.15, -0.1) is 0 Å². The van der Waals surface area contributed by atoms with Gasteiger partial charge in [-0.25, -0.2) is 0 Å². The molecule has 0 aromatic carbocycles. The number of fused-ring (bicyclic) bond motifs is 2. The van der Waals surface area contributed by atoms with Crippen LogP contribution in [-0.2, 0) is 0 Å². The molecule has 0 aromatic rings. The molecule has 17 heavy (non-hydrogen) atoms. The Morgan fingerprint density at radius 3 is 2.41 bits per heavy atom. The van der Waals surface area contributed by atoms with Crippen molar-refractivity contribution in [1.29, 1.82) is 0 Å². The second kappa shape index (κ2) is 3.98. The van der Waals surface area contributed by atoms with Crippen molar-refractivity contribution in [2.45, 2.75) is 78.7 Å². The molecule has 1 heteroatoms. The molecule has 1 nitrogen and oxygen atoms in total. The highest BCUT2D eigenvalue weighted by atomic mass is 16.3. The Bertz CT molecular complexity index is 289. The Morgan fingerprint density at radius 2 is 1.94 bits per heavy atom. The van der Waals surface area contributed by atoms with Gasteiger partial charge in [0.05, 0.1) is 5.60 Å². The molecule has 0 amide bonds. The Labute approximate surface area is 107 Å². The zero-order chi connectivity index (χ0) is 12.9. The van der Waals surface area contributed by atoms with E-state index in [-0.39, 0.29) is 10.8 Å². The summed E-state index contributed by atoms with van der Waals surface area (Å²) in [7, 11) is 0. The minimum Gasteiger partial charge on any atom is -0.389 e. The van der Waals surface area contributed by atoms with Crippen LogP contribution in [0, 0.1) is 22.7 Å². The van der Waals surface area contributed by atoms with Gasteiger partial charge in [-0.2, -0.15) is 0 Å². The number of hydrogen-bond acceptors (Lipinski definition) is 1. The highest BCUT2D eigenvalue weighted by Gasteiger charge is 2.68. The van der Waals surface area contributed by atoms with Crippen LogP contribution in [0.2, 0.25) is 0 Å². The first-order valence-electron chi connectivity index (χ1n) is 7.49. The van der Waals surface area contributed by atoms with Gasteiger partial charge in [0.2, 0.25) is 0 Å². The summed E-state index contributed by atoms with van der Waals surface area (Å²) in [6.07, 6.45) is 7.29. The van der Waals surface area contributed by atoms with E-state index in [9.17, 15) is 5.11 Å². The Hall–Kier alpha value is -0.0400. The van der Waals surface area contributed by atoms with Gasteiger partial charge >= 0.3 is 0 Å². The normalized spacial score (nSPS) is 45.2. The Kier molecular flexibility index (Phi) is 3.14. The molecule has 2 fully saturated rings. The fourth-order valence-corrected chi connectivity index (χ4v) is 4.96. The van der Waals surface area contributed by atoms with E-state index in [2.05, 4.69) is 34.6 Å². The molecule has 1 N–H and O–H groups in total. The number of aliphatic hydroxyl groups is 1. The molecule has 0 aliphatic heterocycles. The fourth-order valence-electron chi connectivity index (χ4n) is 4.96. The zero-order valence-corrected chi connectivity index (χ0v) is 12.3. The summed E-state index contributed by atoms with van der Waals surface area (Å²) in [4.78, 5) is 0. The number of rotatable bonds is 4. The van der Waals surface area contributed by atoms with Crippen molar-refractivity contribution in [2.75, 3.05) is 0 Å². The average Bonchev–Trinajstić information content (AvgIpc) is 2.66. The largest absolute Gasteiger partial charge is 0.389 e. The van der Waals surface area contributed by atoms with Gasteiger partial charge in [-0.05, 0) is 48.3 Å². The van der Waals surface area contributed by atoms with E-state index in [0.717, 1.165) is 12.3 Å². The first kappa shape index (κ1) is 13.4. The Morgan fingerprint density at radius 1 is 1.29 bits per heavy atom. The quantitative estimate of drug-likeness (QED) is 0.770. The van der Waals surface area contributed by atoms with Gasteiger partial charge in [0.25, 0.3) is 0 Å². The monoisotopic (exact) mass is 238 g/mol. The third kappa shape index (κ3) is 1.69. The van der Waals surface area contributed by atoms with Crippen LogP contribution in [0.4, 0.5) is 0 Å². The highest BCUT2D eigenvalue weighted by molar-refractivity contribution is 5.18. The van der Waals surface area contributed by atoms with E-state index in [1.54, 1.807) is 0 Å². The average molecular weight is 238 g/mol. The van der Waals surface area contributed by atoms with Gasteiger partial charge in [0.15, 0.2) is 0 Å². The lowest BCUT2D eigenvalue weighted by molar-refractivity contribution is -0.155. The molecule has 100 valence electrons. The summed E-state index contributed by atoms with van der Waals surface area (Å²) in [6.45, 7) is 11.5. The van der Waals surface area contributed by atoms with Crippen LogP contribution in [0.25, 0.3) is 0 Å². The molecule has 2 aliphatic carbocycles. The molecular formula is C16H30O. The fraction of sp³-hybridized carbons (Fsp3) is 1.00. The molecule has 4 unspecified atom stereocenters. The standard InChI is InChI=1S/C16H30O/c1-6-7-12(2)10-16(17)14(3,4)13-8-9-15(16,5)11-13/h12-13,17H,6-11H2,1-5H3. The zero-order valence-electron chi connectivity index (χ0n) is 12.3. The molecule has 2 saturated carbocycles. The topological polar surface area (TPSA) is 20.2 Å². The summed E-state index contributed by atoms with van der Waals surface area (Å²) >= 11 is 0. The van der Waals surface area contributed by atoms with E-state index in [0.29, 0.717) is 5.92 Å². The molecule has 2 aliphatic rings. The first-order valence-corrected chi connectivity index (χ1v) is 7.49. The van der Waals surface area contributed by atoms with Crippen LogP contribution in [0.3, 0.4) is 0 Å². The maximum atomic E-state index is 11.4. The van der Waals surface area contributed by atoms with Crippen LogP contribution in [-0.4, -0.2) is 10.7 Å². The summed E-state index contributed by atoms with van der Waals surface area (Å²) in [5.41, 5.74) is -0.136. The van der Waals surface area contributed by atoms with E-state index >= 15 is 0 Å². The molecule has 0 saturated heterocycles. The lowest BCUT2D eigenvalue weighted by Gasteiger charge is -2.52. The smallest absolute Gasteiger partial charge is 0.0756 e. The minimum absolute atomic E-state index is 0.113. The van der Waals surface area contributed by atoms with Crippen molar-refractivity contribution in [2.24, 2.45) is 22.7 Å². The van der Waals surface area contributed by atoms with Crippen molar-refractivity contribution < 1.29 is 5.11 Å². The van der Waals surface area contributed by atoms with Gasteiger partial charge in [-0.1, -0.05) is 47.5 Å². The third-order valence-corrected chi connectivity index (χ3v) is 6.25. The van der Waals surface area contributed by atoms with Crippen LogP contribution >= 0.6 is 0 Å². The van der Waals surface area contributed by atoms with Gasteiger partial charge in [0.1, 0.15) is 0 Å². The van der Waals surface area contributed by atoms with Crippen molar-refractivity contribution >= 4 is 0 Å². The summed E-state index contributed by atoms with van der Waals surface area (Å²) in [5, 5.41) is 11.4. The van der Waals surface area contributed by atoms with Gasteiger partial charge in [-0.3, -0.25) is 0 Å². The lowest BCUT2D eigenvalue weighted by atomic mass is 9.57. The van der Waals surface area contributed by atoms with Crippen LogP contribution < -0.4 is 0 Å². The molecule has 0 radical (unpaired) electrons. The van der Waals surface area contributed by atoms with E-state index in [4.69, 9.17) is 0 Å². The van der Waals surface area contributed by atoms with Crippen molar-refractivity contribution in [3.8, 4) is 0 Å². The van der Waals surface area contributed by atoms with E-state index in [1.165, 1.54) is 32.1 Å².